The molecule has 1 amide bonds. The molecular formula is C11H24N2O2. The van der Waals surface area contributed by atoms with E-state index in [0.717, 1.165) is 19.4 Å². The van der Waals surface area contributed by atoms with Gasteiger partial charge in [0.1, 0.15) is 6.04 Å². The lowest BCUT2D eigenvalue weighted by Crippen LogP contribution is -2.45. The van der Waals surface area contributed by atoms with E-state index in [1.807, 2.05) is 6.92 Å². The number of ether oxygens (including phenoxy) is 1. The van der Waals surface area contributed by atoms with Crippen molar-refractivity contribution in [2.45, 2.75) is 45.6 Å². The van der Waals surface area contributed by atoms with Gasteiger partial charge >= 0.3 is 0 Å². The lowest BCUT2D eigenvalue weighted by molar-refractivity contribution is -0.121. The Morgan fingerprint density at radius 3 is 2.60 bits per heavy atom. The van der Waals surface area contributed by atoms with Gasteiger partial charge in [0, 0.05) is 6.61 Å². The highest BCUT2D eigenvalue weighted by Crippen LogP contribution is 1.95. The summed E-state index contributed by atoms with van der Waals surface area (Å²) in [6, 6.07) is -0.341. The van der Waals surface area contributed by atoms with Gasteiger partial charge in [-0.25, -0.2) is 0 Å². The molecule has 1 unspecified atom stereocenters. The zero-order valence-corrected chi connectivity index (χ0v) is 9.92. The van der Waals surface area contributed by atoms with Gasteiger partial charge in [-0.15, -0.1) is 0 Å². The Bertz CT molecular complexity index is 163. The number of carbonyl (C=O) groups is 1. The van der Waals surface area contributed by atoms with Crippen molar-refractivity contribution in [3.8, 4) is 0 Å². The SMILES string of the molecule is CCCCCOCC(NCCC)C(N)=O. The van der Waals surface area contributed by atoms with Crippen LogP contribution in [-0.2, 0) is 9.53 Å². The minimum Gasteiger partial charge on any atom is -0.379 e. The van der Waals surface area contributed by atoms with E-state index < -0.39 is 0 Å². The summed E-state index contributed by atoms with van der Waals surface area (Å²) in [4.78, 5) is 11.0. The van der Waals surface area contributed by atoms with E-state index in [4.69, 9.17) is 10.5 Å². The Kier molecular flexibility index (Phi) is 9.52. The van der Waals surface area contributed by atoms with Crippen LogP contribution in [0.3, 0.4) is 0 Å². The van der Waals surface area contributed by atoms with Crippen molar-refractivity contribution >= 4 is 5.91 Å². The zero-order valence-electron chi connectivity index (χ0n) is 9.92. The van der Waals surface area contributed by atoms with Gasteiger partial charge in [0.15, 0.2) is 0 Å². The molecule has 0 aliphatic rings. The third kappa shape index (κ3) is 8.39. The number of unbranched alkanes of at least 4 members (excludes halogenated alkanes) is 2. The van der Waals surface area contributed by atoms with Crippen LogP contribution in [0, 0.1) is 0 Å². The van der Waals surface area contributed by atoms with E-state index in [-0.39, 0.29) is 11.9 Å². The summed E-state index contributed by atoms with van der Waals surface area (Å²) in [5, 5.41) is 3.06. The molecule has 0 saturated carbocycles. The summed E-state index contributed by atoms with van der Waals surface area (Å²) in [5.41, 5.74) is 5.24. The fourth-order valence-electron chi connectivity index (χ4n) is 1.22. The van der Waals surface area contributed by atoms with Gasteiger partial charge < -0.3 is 15.8 Å². The van der Waals surface area contributed by atoms with Crippen LogP contribution in [0.15, 0.2) is 0 Å². The molecule has 15 heavy (non-hydrogen) atoms. The average molecular weight is 216 g/mol. The molecular weight excluding hydrogens is 192 g/mol. The number of rotatable bonds is 10. The van der Waals surface area contributed by atoms with Gasteiger partial charge in [0.2, 0.25) is 5.91 Å². The molecule has 0 aromatic heterocycles. The van der Waals surface area contributed by atoms with Crippen LogP contribution < -0.4 is 11.1 Å². The first-order valence-corrected chi connectivity index (χ1v) is 5.82. The van der Waals surface area contributed by atoms with Gasteiger partial charge in [-0.3, -0.25) is 4.79 Å². The van der Waals surface area contributed by atoms with Gasteiger partial charge in [0.25, 0.3) is 0 Å². The molecule has 0 aliphatic carbocycles. The van der Waals surface area contributed by atoms with E-state index in [1.165, 1.54) is 12.8 Å². The third-order valence-electron chi connectivity index (χ3n) is 2.16. The summed E-state index contributed by atoms with van der Waals surface area (Å²) in [6.45, 7) is 6.10. The maximum atomic E-state index is 11.0. The molecule has 4 heteroatoms. The van der Waals surface area contributed by atoms with Crippen LogP contribution >= 0.6 is 0 Å². The van der Waals surface area contributed by atoms with Crippen LogP contribution in [0.25, 0.3) is 0 Å². The van der Waals surface area contributed by atoms with Crippen LogP contribution in [0.4, 0.5) is 0 Å². The van der Waals surface area contributed by atoms with E-state index in [2.05, 4.69) is 12.2 Å². The van der Waals surface area contributed by atoms with Crippen LogP contribution in [0.5, 0.6) is 0 Å². The van der Waals surface area contributed by atoms with Crippen molar-refractivity contribution in [2.75, 3.05) is 19.8 Å². The predicted molar refractivity (Wildman–Crippen MR) is 61.6 cm³/mol. The Morgan fingerprint density at radius 1 is 1.33 bits per heavy atom. The molecule has 0 heterocycles. The van der Waals surface area contributed by atoms with E-state index >= 15 is 0 Å². The van der Waals surface area contributed by atoms with Crippen molar-refractivity contribution in [3.63, 3.8) is 0 Å². The molecule has 0 bridgehead atoms. The monoisotopic (exact) mass is 216 g/mol. The van der Waals surface area contributed by atoms with Crippen molar-refractivity contribution in [2.24, 2.45) is 5.73 Å². The normalized spacial score (nSPS) is 12.7. The topological polar surface area (TPSA) is 64.3 Å². The molecule has 0 aliphatic heterocycles. The molecule has 0 rings (SSSR count). The Morgan fingerprint density at radius 2 is 2.07 bits per heavy atom. The largest absolute Gasteiger partial charge is 0.379 e. The Balaban J connectivity index is 3.53. The minimum absolute atomic E-state index is 0.334. The number of primary amides is 1. The predicted octanol–water partition coefficient (Wildman–Crippen LogP) is 1.05. The lowest BCUT2D eigenvalue weighted by atomic mass is 10.2. The van der Waals surface area contributed by atoms with Crippen molar-refractivity contribution < 1.29 is 9.53 Å². The van der Waals surface area contributed by atoms with Crippen molar-refractivity contribution in [3.05, 3.63) is 0 Å². The Labute approximate surface area is 92.6 Å². The van der Waals surface area contributed by atoms with Gasteiger partial charge in [-0.1, -0.05) is 26.7 Å². The summed E-state index contributed by atoms with van der Waals surface area (Å²) in [5.74, 6) is -0.334. The maximum absolute atomic E-state index is 11.0. The average Bonchev–Trinajstić information content (AvgIpc) is 2.21. The van der Waals surface area contributed by atoms with E-state index in [9.17, 15) is 4.79 Å². The highest BCUT2D eigenvalue weighted by Gasteiger charge is 2.13. The summed E-state index contributed by atoms with van der Waals surface area (Å²) in [6.07, 6.45) is 4.38. The highest BCUT2D eigenvalue weighted by molar-refractivity contribution is 5.79. The molecule has 1 atom stereocenters. The van der Waals surface area contributed by atoms with Crippen LogP contribution in [0.1, 0.15) is 39.5 Å². The van der Waals surface area contributed by atoms with Crippen molar-refractivity contribution in [1.29, 1.82) is 0 Å². The van der Waals surface area contributed by atoms with Crippen LogP contribution in [0.2, 0.25) is 0 Å². The second-order valence-electron chi connectivity index (χ2n) is 3.69. The van der Waals surface area contributed by atoms with Gasteiger partial charge in [-0.05, 0) is 19.4 Å². The van der Waals surface area contributed by atoms with Crippen molar-refractivity contribution in [1.82, 2.24) is 5.32 Å². The minimum atomic E-state index is -0.341. The standard InChI is InChI=1S/C11H24N2O2/c1-3-5-6-8-15-9-10(11(12)14)13-7-4-2/h10,13H,3-9H2,1-2H3,(H2,12,14). The lowest BCUT2D eigenvalue weighted by Gasteiger charge is -2.14. The molecule has 0 radical (unpaired) electrons. The number of nitrogens with two attached hydrogens (primary N) is 1. The second-order valence-corrected chi connectivity index (χ2v) is 3.69. The number of hydrogen-bond donors (Lipinski definition) is 2. The molecule has 0 aromatic rings. The smallest absolute Gasteiger partial charge is 0.236 e. The number of amides is 1. The number of hydrogen-bond acceptors (Lipinski definition) is 3. The maximum Gasteiger partial charge on any atom is 0.236 e. The quantitative estimate of drug-likeness (QED) is 0.536. The fraction of sp³-hybridized carbons (Fsp3) is 0.909. The summed E-state index contributed by atoms with van der Waals surface area (Å²) < 4.78 is 5.39. The van der Waals surface area contributed by atoms with E-state index in [0.29, 0.717) is 13.2 Å². The Hall–Kier alpha value is -0.610. The first-order valence-electron chi connectivity index (χ1n) is 5.82. The van der Waals surface area contributed by atoms with Gasteiger partial charge in [0.05, 0.1) is 6.61 Å². The first kappa shape index (κ1) is 14.4. The molecule has 0 saturated heterocycles. The molecule has 4 nitrogen and oxygen atoms in total. The summed E-state index contributed by atoms with van der Waals surface area (Å²) >= 11 is 0. The second kappa shape index (κ2) is 9.93. The third-order valence-corrected chi connectivity index (χ3v) is 2.16. The molecule has 90 valence electrons. The number of carbonyl (C=O) groups excluding carboxylic acids is 1. The van der Waals surface area contributed by atoms with Gasteiger partial charge in [-0.2, -0.15) is 0 Å². The summed E-state index contributed by atoms with van der Waals surface area (Å²) in [7, 11) is 0. The fourth-order valence-corrected chi connectivity index (χ4v) is 1.22. The highest BCUT2D eigenvalue weighted by atomic mass is 16.5. The molecule has 3 N–H and O–H groups in total. The zero-order chi connectivity index (χ0) is 11.5. The molecule has 0 spiro atoms. The number of nitrogens with one attached hydrogen (secondary N) is 1. The first-order chi connectivity index (χ1) is 7.22. The van der Waals surface area contributed by atoms with E-state index in [1.54, 1.807) is 0 Å². The van der Waals surface area contributed by atoms with Crippen LogP contribution in [-0.4, -0.2) is 31.7 Å². The molecule has 0 aromatic carbocycles. The molecule has 0 fully saturated rings.